The molecule has 0 aliphatic heterocycles. The molecule has 5 nitrogen and oxygen atoms in total. The van der Waals surface area contributed by atoms with Crippen LogP contribution in [0.25, 0.3) is 0 Å². The number of hydrogen-bond donors (Lipinski definition) is 1. The molecule has 1 aromatic rings. The van der Waals surface area contributed by atoms with Gasteiger partial charge >= 0.3 is 5.97 Å². The number of hydrogen-bond acceptors (Lipinski definition) is 5. The van der Waals surface area contributed by atoms with E-state index in [0.29, 0.717) is 31.2 Å². The number of esters is 1. The number of carbonyl (C=O) groups is 1. The van der Waals surface area contributed by atoms with Crippen LogP contribution in [0.15, 0.2) is 18.2 Å². The summed E-state index contributed by atoms with van der Waals surface area (Å²) >= 11 is 0. The molecular formula is C15H23NO4. The molecule has 5 heteroatoms. The Morgan fingerprint density at radius 2 is 1.95 bits per heavy atom. The van der Waals surface area contributed by atoms with Gasteiger partial charge in [0.2, 0.25) is 0 Å². The second kappa shape index (κ2) is 8.43. The monoisotopic (exact) mass is 281 g/mol. The number of rotatable bonds is 8. The molecule has 0 amide bonds. The van der Waals surface area contributed by atoms with E-state index in [1.165, 1.54) is 0 Å². The molecule has 0 heterocycles. The highest BCUT2D eigenvalue weighted by Gasteiger charge is 2.13. The molecule has 20 heavy (non-hydrogen) atoms. The zero-order valence-electron chi connectivity index (χ0n) is 12.6. The van der Waals surface area contributed by atoms with Gasteiger partial charge in [-0.1, -0.05) is 13.0 Å². The minimum atomic E-state index is -0.174. The van der Waals surface area contributed by atoms with Crippen molar-refractivity contribution in [1.82, 2.24) is 5.32 Å². The normalized spacial score (nSPS) is 11.8. The quantitative estimate of drug-likeness (QED) is 0.739. The Labute approximate surface area is 120 Å². The van der Waals surface area contributed by atoms with E-state index < -0.39 is 0 Å². The van der Waals surface area contributed by atoms with Crippen LogP contribution in [0.4, 0.5) is 0 Å². The zero-order chi connectivity index (χ0) is 15.0. The molecule has 1 N–H and O–H groups in total. The molecule has 1 aromatic carbocycles. The van der Waals surface area contributed by atoms with E-state index in [1.807, 2.05) is 32.0 Å². The Morgan fingerprint density at radius 3 is 2.55 bits per heavy atom. The summed E-state index contributed by atoms with van der Waals surface area (Å²) in [7, 11) is 3.22. The van der Waals surface area contributed by atoms with E-state index in [1.54, 1.807) is 14.2 Å². The summed E-state index contributed by atoms with van der Waals surface area (Å²) in [5.41, 5.74) is 1.07. The van der Waals surface area contributed by atoms with Crippen LogP contribution in [0.1, 0.15) is 19.4 Å². The Kier molecular flexibility index (Phi) is 6.87. The zero-order valence-corrected chi connectivity index (χ0v) is 12.6. The lowest BCUT2D eigenvalue weighted by molar-refractivity contribution is -0.147. The first kappa shape index (κ1) is 16.3. The number of ether oxygens (including phenoxy) is 3. The van der Waals surface area contributed by atoms with E-state index in [9.17, 15) is 4.79 Å². The highest BCUT2D eigenvalue weighted by atomic mass is 16.5. The minimum absolute atomic E-state index is 0.157. The first-order valence-corrected chi connectivity index (χ1v) is 6.70. The van der Waals surface area contributed by atoms with Crippen molar-refractivity contribution in [1.29, 1.82) is 0 Å². The third-order valence-corrected chi connectivity index (χ3v) is 2.92. The van der Waals surface area contributed by atoms with Crippen molar-refractivity contribution >= 4 is 5.97 Å². The minimum Gasteiger partial charge on any atom is -0.493 e. The highest BCUT2D eigenvalue weighted by molar-refractivity contribution is 5.72. The summed E-state index contributed by atoms with van der Waals surface area (Å²) in [6, 6.07) is 5.74. The number of methoxy groups -OCH3 is 2. The largest absolute Gasteiger partial charge is 0.493 e. The van der Waals surface area contributed by atoms with E-state index in [0.717, 1.165) is 5.56 Å². The summed E-state index contributed by atoms with van der Waals surface area (Å²) in [4.78, 5) is 11.5. The van der Waals surface area contributed by atoms with Gasteiger partial charge in [0.05, 0.1) is 26.7 Å². The average molecular weight is 281 g/mol. The standard InChI is InChI=1S/C15H23NO4/c1-5-20-15(17)11(2)9-16-10-12-6-7-13(18-3)14(8-12)19-4/h6-8,11,16H,5,9-10H2,1-4H3. The van der Waals surface area contributed by atoms with Crippen LogP contribution < -0.4 is 14.8 Å². The summed E-state index contributed by atoms with van der Waals surface area (Å²) in [6.07, 6.45) is 0. The second-order valence-electron chi connectivity index (χ2n) is 4.47. The van der Waals surface area contributed by atoms with Crippen molar-refractivity contribution in [2.75, 3.05) is 27.4 Å². The van der Waals surface area contributed by atoms with Crippen molar-refractivity contribution in [3.05, 3.63) is 23.8 Å². The van der Waals surface area contributed by atoms with E-state index >= 15 is 0 Å². The summed E-state index contributed by atoms with van der Waals surface area (Å²) in [6.45, 7) is 5.30. The molecule has 0 radical (unpaired) electrons. The van der Waals surface area contributed by atoms with Gasteiger partial charge in [-0.3, -0.25) is 4.79 Å². The first-order valence-electron chi connectivity index (χ1n) is 6.70. The molecule has 0 spiro atoms. The molecule has 0 saturated heterocycles. The van der Waals surface area contributed by atoms with Crippen LogP contribution in [0.3, 0.4) is 0 Å². The van der Waals surface area contributed by atoms with Crippen molar-refractivity contribution in [2.24, 2.45) is 5.92 Å². The highest BCUT2D eigenvalue weighted by Crippen LogP contribution is 2.27. The molecule has 1 unspecified atom stereocenters. The van der Waals surface area contributed by atoms with Crippen molar-refractivity contribution in [3.63, 3.8) is 0 Å². The third kappa shape index (κ3) is 4.74. The van der Waals surface area contributed by atoms with E-state index in [-0.39, 0.29) is 11.9 Å². The Balaban J connectivity index is 2.48. The van der Waals surface area contributed by atoms with Crippen LogP contribution in [-0.2, 0) is 16.1 Å². The lowest BCUT2D eigenvalue weighted by atomic mass is 10.1. The van der Waals surface area contributed by atoms with Crippen LogP contribution in [0.5, 0.6) is 11.5 Å². The average Bonchev–Trinajstić information content (AvgIpc) is 2.47. The van der Waals surface area contributed by atoms with Crippen LogP contribution in [0.2, 0.25) is 0 Å². The lowest BCUT2D eigenvalue weighted by Crippen LogP contribution is -2.27. The number of nitrogens with one attached hydrogen (secondary N) is 1. The molecule has 0 aromatic heterocycles. The summed E-state index contributed by atoms with van der Waals surface area (Å²) in [5.74, 6) is 1.07. The predicted octanol–water partition coefficient (Wildman–Crippen LogP) is 1.99. The lowest BCUT2D eigenvalue weighted by Gasteiger charge is -2.13. The first-order chi connectivity index (χ1) is 9.62. The van der Waals surface area contributed by atoms with Gasteiger partial charge in [-0.05, 0) is 24.6 Å². The topological polar surface area (TPSA) is 56.8 Å². The number of benzene rings is 1. The Bertz CT molecular complexity index is 434. The van der Waals surface area contributed by atoms with Gasteiger partial charge in [-0.25, -0.2) is 0 Å². The molecule has 1 rings (SSSR count). The fraction of sp³-hybridized carbons (Fsp3) is 0.533. The van der Waals surface area contributed by atoms with Gasteiger partial charge < -0.3 is 19.5 Å². The summed E-state index contributed by atoms with van der Waals surface area (Å²) < 4.78 is 15.4. The molecule has 0 saturated carbocycles. The molecule has 0 aliphatic rings. The van der Waals surface area contributed by atoms with Gasteiger partial charge in [-0.15, -0.1) is 0 Å². The molecular weight excluding hydrogens is 258 g/mol. The maximum Gasteiger partial charge on any atom is 0.309 e. The summed E-state index contributed by atoms with van der Waals surface area (Å²) in [5, 5.41) is 3.23. The fourth-order valence-electron chi connectivity index (χ4n) is 1.79. The van der Waals surface area contributed by atoms with Gasteiger partial charge in [0.25, 0.3) is 0 Å². The molecule has 0 aliphatic carbocycles. The molecule has 112 valence electrons. The maximum absolute atomic E-state index is 11.5. The van der Waals surface area contributed by atoms with Gasteiger partial charge in [0.1, 0.15) is 0 Å². The fourth-order valence-corrected chi connectivity index (χ4v) is 1.79. The predicted molar refractivity (Wildman–Crippen MR) is 77.0 cm³/mol. The molecule has 0 bridgehead atoms. The Hall–Kier alpha value is -1.75. The van der Waals surface area contributed by atoms with Gasteiger partial charge in [0, 0.05) is 13.1 Å². The Morgan fingerprint density at radius 1 is 1.25 bits per heavy atom. The van der Waals surface area contributed by atoms with Crippen molar-refractivity contribution in [2.45, 2.75) is 20.4 Å². The third-order valence-electron chi connectivity index (χ3n) is 2.92. The van der Waals surface area contributed by atoms with Crippen molar-refractivity contribution in [3.8, 4) is 11.5 Å². The van der Waals surface area contributed by atoms with Crippen molar-refractivity contribution < 1.29 is 19.0 Å². The molecule has 0 fully saturated rings. The van der Waals surface area contributed by atoms with Gasteiger partial charge in [0.15, 0.2) is 11.5 Å². The van der Waals surface area contributed by atoms with E-state index in [4.69, 9.17) is 14.2 Å². The van der Waals surface area contributed by atoms with Gasteiger partial charge in [-0.2, -0.15) is 0 Å². The SMILES string of the molecule is CCOC(=O)C(C)CNCc1ccc(OC)c(OC)c1. The molecule has 1 atom stereocenters. The van der Waals surface area contributed by atoms with Crippen LogP contribution in [0, 0.1) is 5.92 Å². The van der Waals surface area contributed by atoms with E-state index in [2.05, 4.69) is 5.32 Å². The number of carbonyl (C=O) groups excluding carboxylic acids is 1. The van der Waals surface area contributed by atoms with Crippen LogP contribution >= 0.6 is 0 Å². The second-order valence-corrected chi connectivity index (χ2v) is 4.47. The van der Waals surface area contributed by atoms with Crippen LogP contribution in [-0.4, -0.2) is 33.3 Å². The maximum atomic E-state index is 11.5. The smallest absolute Gasteiger partial charge is 0.309 e.